The molecule has 1 aromatic carbocycles. The number of aromatic nitrogens is 5. The van der Waals surface area contributed by atoms with Crippen molar-refractivity contribution in [3.63, 3.8) is 0 Å². The molecule has 0 N–H and O–H groups in total. The minimum absolute atomic E-state index is 0.0579. The van der Waals surface area contributed by atoms with E-state index in [2.05, 4.69) is 20.0 Å². The number of hydrogen-bond donors (Lipinski definition) is 0. The normalized spacial score (nSPS) is 15.1. The number of nitrogens with zero attached hydrogens (tertiary/aromatic N) is 6. The molecule has 4 aromatic rings. The van der Waals surface area contributed by atoms with Crippen LogP contribution in [0.3, 0.4) is 0 Å². The molecule has 0 radical (unpaired) electrons. The maximum atomic E-state index is 12.8. The molecule has 5 rings (SSSR count). The van der Waals surface area contributed by atoms with Gasteiger partial charge in [-0.2, -0.15) is 5.10 Å². The molecule has 7 nitrogen and oxygen atoms in total. The molecule has 0 bridgehead atoms. The summed E-state index contributed by atoms with van der Waals surface area (Å²) < 4.78 is 35.2. The van der Waals surface area contributed by atoms with Gasteiger partial charge in [0.25, 0.3) is 6.43 Å². The van der Waals surface area contributed by atoms with E-state index in [0.717, 1.165) is 48.4 Å². The van der Waals surface area contributed by atoms with Crippen LogP contribution in [0.4, 0.5) is 14.6 Å². The van der Waals surface area contributed by atoms with Gasteiger partial charge in [-0.1, -0.05) is 6.07 Å². The lowest BCUT2D eigenvalue weighted by atomic mass is 10.1. The third-order valence-corrected chi connectivity index (χ3v) is 5.52. The maximum absolute atomic E-state index is 12.8. The van der Waals surface area contributed by atoms with Crippen molar-refractivity contribution in [2.24, 2.45) is 0 Å². The van der Waals surface area contributed by atoms with Gasteiger partial charge in [-0.05, 0) is 24.3 Å². The van der Waals surface area contributed by atoms with Crippen molar-refractivity contribution >= 4 is 16.7 Å². The van der Waals surface area contributed by atoms with Gasteiger partial charge in [-0.15, -0.1) is 0 Å². The van der Waals surface area contributed by atoms with Gasteiger partial charge in [0.2, 0.25) is 0 Å². The molecule has 0 amide bonds. The molecule has 0 unspecified atom stereocenters. The lowest BCUT2D eigenvalue weighted by Gasteiger charge is -2.33. The van der Waals surface area contributed by atoms with Crippen molar-refractivity contribution in [1.82, 2.24) is 24.3 Å². The number of hydrogen-bond acceptors (Lipinski definition) is 5. The quantitative estimate of drug-likeness (QED) is 0.469. The van der Waals surface area contributed by atoms with Crippen molar-refractivity contribution in [2.45, 2.75) is 31.9 Å². The fraction of sp³-hybridized carbons (Fsp3) is 0.318. The number of piperidine rings is 1. The molecule has 9 heteroatoms. The highest BCUT2D eigenvalue weighted by Gasteiger charge is 2.23. The molecule has 160 valence electrons. The Morgan fingerprint density at radius 2 is 1.87 bits per heavy atom. The minimum atomic E-state index is -2.39. The smallest absolute Gasteiger partial charge is 0.256 e. The first-order valence-electron chi connectivity index (χ1n) is 10.3. The van der Waals surface area contributed by atoms with Crippen LogP contribution in [0.25, 0.3) is 16.7 Å². The lowest BCUT2D eigenvalue weighted by Crippen LogP contribution is -2.38. The Morgan fingerprint density at radius 1 is 1.03 bits per heavy atom. The van der Waals surface area contributed by atoms with Gasteiger partial charge >= 0.3 is 0 Å². The Labute approximate surface area is 177 Å². The summed E-state index contributed by atoms with van der Waals surface area (Å²) in [6.45, 7) is 1.28. The van der Waals surface area contributed by atoms with Gasteiger partial charge in [0, 0.05) is 49.9 Å². The Balaban J connectivity index is 1.26. The zero-order valence-corrected chi connectivity index (χ0v) is 16.8. The van der Waals surface area contributed by atoms with E-state index in [1.807, 2.05) is 36.5 Å². The summed E-state index contributed by atoms with van der Waals surface area (Å²) in [4.78, 5) is 11.2. The van der Waals surface area contributed by atoms with Gasteiger partial charge in [0.15, 0.2) is 5.82 Å². The molecule has 1 aliphatic heterocycles. The number of anilines is 1. The van der Waals surface area contributed by atoms with E-state index in [1.165, 1.54) is 0 Å². The fourth-order valence-electron chi connectivity index (χ4n) is 4.00. The molecule has 0 spiro atoms. The second-order valence-corrected chi connectivity index (χ2v) is 7.54. The van der Waals surface area contributed by atoms with Crippen LogP contribution in [0.2, 0.25) is 0 Å². The van der Waals surface area contributed by atoms with Crippen molar-refractivity contribution in [3.8, 4) is 11.6 Å². The first-order chi connectivity index (χ1) is 15.2. The summed E-state index contributed by atoms with van der Waals surface area (Å²) >= 11 is 0. The van der Waals surface area contributed by atoms with Crippen LogP contribution in [0.1, 0.15) is 12.8 Å². The highest BCUT2D eigenvalue weighted by Crippen LogP contribution is 2.30. The Bertz CT molecular complexity index is 1150. The molecule has 1 saturated heterocycles. The minimum Gasteiger partial charge on any atom is -0.490 e. The average molecular weight is 424 g/mol. The number of fused-ring (bicyclic) bond motifs is 1. The van der Waals surface area contributed by atoms with E-state index >= 15 is 0 Å². The molecule has 3 aromatic heterocycles. The monoisotopic (exact) mass is 424 g/mol. The van der Waals surface area contributed by atoms with E-state index in [0.29, 0.717) is 5.82 Å². The molecule has 0 saturated carbocycles. The van der Waals surface area contributed by atoms with E-state index in [1.54, 1.807) is 34.0 Å². The zero-order valence-electron chi connectivity index (χ0n) is 16.8. The van der Waals surface area contributed by atoms with Crippen LogP contribution in [0, 0.1) is 0 Å². The van der Waals surface area contributed by atoms with Crippen molar-refractivity contribution in [1.29, 1.82) is 0 Å². The van der Waals surface area contributed by atoms with Gasteiger partial charge < -0.3 is 14.2 Å². The highest BCUT2D eigenvalue weighted by molar-refractivity contribution is 5.86. The van der Waals surface area contributed by atoms with Gasteiger partial charge in [-0.25, -0.2) is 18.4 Å². The van der Waals surface area contributed by atoms with E-state index in [4.69, 9.17) is 4.74 Å². The summed E-state index contributed by atoms with van der Waals surface area (Å²) in [6.07, 6.45) is 8.03. The van der Waals surface area contributed by atoms with Gasteiger partial charge in [-0.3, -0.25) is 4.98 Å². The molecule has 1 fully saturated rings. The van der Waals surface area contributed by atoms with E-state index in [-0.39, 0.29) is 12.6 Å². The van der Waals surface area contributed by atoms with Crippen LogP contribution in [-0.4, -0.2) is 49.9 Å². The fourth-order valence-corrected chi connectivity index (χ4v) is 4.00. The average Bonchev–Trinajstić information content (AvgIpc) is 3.46. The standard InChI is InChI=1S/C22H22F2N6O/c23-20(24)15-29-12-7-17-18(29)3-1-4-19(17)31-16-5-10-28(11-6-16)21-13-25-14-22(27-21)30-9-2-8-26-30/h1-4,7-9,12-14,16,20H,5-6,10-11,15H2. The first kappa shape index (κ1) is 19.5. The van der Waals surface area contributed by atoms with Gasteiger partial charge in [0.1, 0.15) is 17.7 Å². The predicted octanol–water partition coefficient (Wildman–Crippen LogP) is 3.93. The number of ether oxygens (including phenoxy) is 1. The topological polar surface area (TPSA) is 61.0 Å². The number of benzene rings is 1. The second-order valence-electron chi connectivity index (χ2n) is 7.54. The number of halogens is 2. The third kappa shape index (κ3) is 4.08. The van der Waals surface area contributed by atoms with Crippen LogP contribution in [0.5, 0.6) is 5.75 Å². The SMILES string of the molecule is FC(F)Cn1ccc2c(OC3CCN(c4cncc(-n5cccn5)n4)CC3)cccc21. The molecular weight excluding hydrogens is 402 g/mol. The van der Waals surface area contributed by atoms with Crippen molar-refractivity contribution in [2.75, 3.05) is 18.0 Å². The van der Waals surface area contributed by atoms with E-state index in [9.17, 15) is 8.78 Å². The lowest BCUT2D eigenvalue weighted by molar-refractivity contribution is 0.128. The maximum Gasteiger partial charge on any atom is 0.256 e. The van der Waals surface area contributed by atoms with E-state index < -0.39 is 6.43 Å². The molecule has 4 heterocycles. The predicted molar refractivity (Wildman–Crippen MR) is 113 cm³/mol. The first-order valence-corrected chi connectivity index (χ1v) is 10.3. The Morgan fingerprint density at radius 3 is 2.65 bits per heavy atom. The molecule has 0 aliphatic carbocycles. The number of rotatable bonds is 6. The number of alkyl halides is 2. The highest BCUT2D eigenvalue weighted by atomic mass is 19.3. The summed E-state index contributed by atoms with van der Waals surface area (Å²) in [5, 5.41) is 5.07. The summed E-state index contributed by atoms with van der Waals surface area (Å²) in [5.41, 5.74) is 0.765. The van der Waals surface area contributed by atoms with Crippen molar-refractivity contribution < 1.29 is 13.5 Å². The molecule has 31 heavy (non-hydrogen) atoms. The van der Waals surface area contributed by atoms with Crippen LogP contribution >= 0.6 is 0 Å². The zero-order chi connectivity index (χ0) is 21.2. The third-order valence-electron chi connectivity index (χ3n) is 5.52. The Kier molecular flexibility index (Phi) is 5.23. The van der Waals surface area contributed by atoms with Crippen LogP contribution in [-0.2, 0) is 6.54 Å². The van der Waals surface area contributed by atoms with Crippen LogP contribution < -0.4 is 9.64 Å². The Hall–Kier alpha value is -3.49. The second kappa shape index (κ2) is 8.33. The summed E-state index contributed by atoms with van der Waals surface area (Å²) in [6, 6.07) is 9.29. The van der Waals surface area contributed by atoms with Gasteiger partial charge in [0.05, 0.1) is 24.5 Å². The van der Waals surface area contributed by atoms with Crippen LogP contribution in [0.15, 0.2) is 61.3 Å². The largest absolute Gasteiger partial charge is 0.490 e. The molecule has 1 aliphatic rings. The summed E-state index contributed by atoms with van der Waals surface area (Å²) in [7, 11) is 0. The summed E-state index contributed by atoms with van der Waals surface area (Å²) in [5.74, 6) is 2.24. The molecule has 0 atom stereocenters. The van der Waals surface area contributed by atoms with Crippen molar-refractivity contribution in [3.05, 3.63) is 61.3 Å². The molecular formula is C22H22F2N6O.